The molecule has 0 bridgehead atoms. The minimum absolute atomic E-state index is 0.0397. The molecule has 0 spiro atoms. The van der Waals surface area contributed by atoms with Gasteiger partial charge in [-0.1, -0.05) is 30.3 Å². The highest BCUT2D eigenvalue weighted by Gasteiger charge is 2.23. The predicted octanol–water partition coefficient (Wildman–Crippen LogP) is 1.58. The summed E-state index contributed by atoms with van der Waals surface area (Å²) in [5, 5.41) is 0. The molecule has 17 heavy (non-hydrogen) atoms. The van der Waals surface area contributed by atoms with Gasteiger partial charge in [0.2, 0.25) is 0 Å². The predicted molar refractivity (Wildman–Crippen MR) is 62.3 cm³/mol. The lowest BCUT2D eigenvalue weighted by atomic mass is 9.96. The van der Waals surface area contributed by atoms with Crippen molar-refractivity contribution in [3.63, 3.8) is 0 Å². The average molecular weight is 236 g/mol. The van der Waals surface area contributed by atoms with Crippen LogP contribution in [-0.2, 0) is 25.5 Å². The average Bonchev–Trinajstić information content (AvgIpc) is 2.38. The number of benzene rings is 1. The van der Waals surface area contributed by atoms with E-state index in [1.165, 1.54) is 14.2 Å². The van der Waals surface area contributed by atoms with Crippen molar-refractivity contribution >= 4 is 11.9 Å². The monoisotopic (exact) mass is 236 g/mol. The van der Waals surface area contributed by atoms with E-state index in [1.807, 2.05) is 30.3 Å². The lowest BCUT2D eigenvalue weighted by Gasteiger charge is -2.13. The second kappa shape index (κ2) is 6.68. The van der Waals surface area contributed by atoms with Gasteiger partial charge in [0, 0.05) is 0 Å². The highest BCUT2D eigenvalue weighted by atomic mass is 16.5. The smallest absolute Gasteiger partial charge is 0.309 e. The first-order valence-electron chi connectivity index (χ1n) is 5.36. The molecule has 0 aliphatic carbocycles. The van der Waals surface area contributed by atoms with Gasteiger partial charge in [0.05, 0.1) is 26.6 Å². The van der Waals surface area contributed by atoms with Crippen molar-refractivity contribution in [3.8, 4) is 0 Å². The van der Waals surface area contributed by atoms with Crippen LogP contribution in [0.3, 0.4) is 0 Å². The third kappa shape index (κ3) is 4.26. The van der Waals surface area contributed by atoms with E-state index in [0.717, 1.165) is 5.56 Å². The Morgan fingerprint density at radius 2 is 1.76 bits per heavy atom. The van der Waals surface area contributed by atoms with Gasteiger partial charge in [0.25, 0.3) is 0 Å². The zero-order valence-corrected chi connectivity index (χ0v) is 10.0. The molecule has 0 heterocycles. The summed E-state index contributed by atoms with van der Waals surface area (Å²) >= 11 is 0. The van der Waals surface area contributed by atoms with Gasteiger partial charge in [0.15, 0.2) is 0 Å². The maximum absolute atomic E-state index is 11.5. The summed E-state index contributed by atoms with van der Waals surface area (Å²) in [6.07, 6.45) is 0.515. The molecule has 0 aromatic heterocycles. The zero-order valence-electron chi connectivity index (χ0n) is 10.0. The van der Waals surface area contributed by atoms with Crippen molar-refractivity contribution in [1.29, 1.82) is 0 Å². The van der Waals surface area contributed by atoms with E-state index in [0.29, 0.717) is 6.42 Å². The van der Waals surface area contributed by atoms with Gasteiger partial charge in [0.1, 0.15) is 0 Å². The maximum atomic E-state index is 11.5. The first-order valence-corrected chi connectivity index (χ1v) is 5.36. The quantitative estimate of drug-likeness (QED) is 0.728. The van der Waals surface area contributed by atoms with Crippen molar-refractivity contribution in [3.05, 3.63) is 35.9 Å². The molecule has 92 valence electrons. The summed E-state index contributed by atoms with van der Waals surface area (Å²) < 4.78 is 9.25. The van der Waals surface area contributed by atoms with Crippen LogP contribution in [0.15, 0.2) is 30.3 Å². The number of ether oxygens (including phenoxy) is 2. The van der Waals surface area contributed by atoms with Crippen molar-refractivity contribution in [1.82, 2.24) is 0 Å². The molecule has 0 radical (unpaired) electrons. The minimum Gasteiger partial charge on any atom is -0.469 e. The number of rotatable bonds is 5. The van der Waals surface area contributed by atoms with E-state index in [-0.39, 0.29) is 12.4 Å². The van der Waals surface area contributed by atoms with Crippen molar-refractivity contribution in [2.75, 3.05) is 14.2 Å². The SMILES string of the molecule is COC(=O)C[C@@H](Cc1ccccc1)C(=O)OC. The van der Waals surface area contributed by atoms with Crippen LogP contribution in [0.4, 0.5) is 0 Å². The molecule has 0 unspecified atom stereocenters. The van der Waals surface area contributed by atoms with E-state index in [9.17, 15) is 9.59 Å². The van der Waals surface area contributed by atoms with Crippen LogP contribution in [0, 0.1) is 5.92 Å². The Morgan fingerprint density at radius 3 is 2.29 bits per heavy atom. The zero-order chi connectivity index (χ0) is 12.7. The highest BCUT2D eigenvalue weighted by Crippen LogP contribution is 2.14. The maximum Gasteiger partial charge on any atom is 0.309 e. The van der Waals surface area contributed by atoms with Crippen molar-refractivity contribution in [2.45, 2.75) is 12.8 Å². The van der Waals surface area contributed by atoms with Crippen LogP contribution in [0.1, 0.15) is 12.0 Å². The van der Waals surface area contributed by atoms with Crippen LogP contribution in [0.2, 0.25) is 0 Å². The van der Waals surface area contributed by atoms with E-state index in [4.69, 9.17) is 0 Å². The van der Waals surface area contributed by atoms with Crippen LogP contribution in [0.5, 0.6) is 0 Å². The van der Waals surface area contributed by atoms with Crippen LogP contribution in [0.25, 0.3) is 0 Å². The minimum atomic E-state index is -0.491. The molecule has 0 amide bonds. The molecular weight excluding hydrogens is 220 g/mol. The Hall–Kier alpha value is -1.84. The lowest BCUT2D eigenvalue weighted by Crippen LogP contribution is -2.22. The molecule has 0 aliphatic rings. The molecule has 4 heteroatoms. The van der Waals surface area contributed by atoms with Crippen LogP contribution >= 0.6 is 0 Å². The fraction of sp³-hybridized carbons (Fsp3) is 0.385. The second-order valence-electron chi connectivity index (χ2n) is 3.69. The number of carbonyl (C=O) groups is 2. The molecule has 0 saturated heterocycles. The Kier molecular flexibility index (Phi) is 5.20. The van der Waals surface area contributed by atoms with Crippen LogP contribution < -0.4 is 0 Å². The standard InChI is InChI=1S/C13H16O4/c1-16-12(14)9-11(13(15)17-2)8-10-6-4-3-5-7-10/h3-7,11H,8-9H2,1-2H3/t11-/m1/s1. The van der Waals surface area contributed by atoms with E-state index in [1.54, 1.807) is 0 Å². The molecule has 4 nitrogen and oxygen atoms in total. The second-order valence-corrected chi connectivity index (χ2v) is 3.69. The molecule has 1 aromatic rings. The highest BCUT2D eigenvalue weighted by molar-refractivity contribution is 5.80. The normalized spacial score (nSPS) is 11.6. The van der Waals surface area contributed by atoms with E-state index >= 15 is 0 Å². The fourth-order valence-corrected chi connectivity index (χ4v) is 1.59. The number of methoxy groups -OCH3 is 2. The first kappa shape index (κ1) is 13.2. The Labute approximate surface area is 101 Å². The number of hydrogen-bond donors (Lipinski definition) is 0. The third-order valence-corrected chi connectivity index (χ3v) is 2.50. The molecule has 1 atom stereocenters. The van der Waals surface area contributed by atoms with Gasteiger partial charge < -0.3 is 9.47 Å². The van der Waals surface area contributed by atoms with Crippen LogP contribution in [-0.4, -0.2) is 26.2 Å². The topological polar surface area (TPSA) is 52.6 Å². The molecule has 0 aliphatic heterocycles. The summed E-state index contributed by atoms with van der Waals surface area (Å²) in [5.41, 5.74) is 0.992. The Bertz CT molecular complexity index is 372. The summed E-state index contributed by atoms with van der Waals surface area (Å²) in [6.45, 7) is 0. The largest absolute Gasteiger partial charge is 0.469 e. The summed E-state index contributed by atoms with van der Waals surface area (Å²) in [4.78, 5) is 22.7. The van der Waals surface area contributed by atoms with Crippen molar-refractivity contribution in [2.24, 2.45) is 5.92 Å². The van der Waals surface area contributed by atoms with E-state index in [2.05, 4.69) is 9.47 Å². The molecule has 0 fully saturated rings. The number of esters is 2. The van der Waals surface area contributed by atoms with Gasteiger partial charge in [-0.15, -0.1) is 0 Å². The van der Waals surface area contributed by atoms with Gasteiger partial charge in [-0.25, -0.2) is 0 Å². The first-order chi connectivity index (χ1) is 8.17. The van der Waals surface area contributed by atoms with Gasteiger partial charge in [-0.2, -0.15) is 0 Å². The molecule has 1 rings (SSSR count). The molecule has 0 saturated carbocycles. The molecular formula is C13H16O4. The summed E-state index contributed by atoms with van der Waals surface area (Å²) in [5.74, 6) is -1.29. The summed E-state index contributed by atoms with van der Waals surface area (Å²) in [7, 11) is 2.62. The third-order valence-electron chi connectivity index (χ3n) is 2.50. The van der Waals surface area contributed by atoms with Gasteiger partial charge >= 0.3 is 11.9 Å². The number of carbonyl (C=O) groups excluding carboxylic acids is 2. The Balaban J connectivity index is 2.70. The van der Waals surface area contributed by atoms with Gasteiger partial charge in [-0.05, 0) is 12.0 Å². The molecule has 1 aromatic carbocycles. The number of hydrogen-bond acceptors (Lipinski definition) is 4. The van der Waals surface area contributed by atoms with E-state index < -0.39 is 11.9 Å². The lowest BCUT2D eigenvalue weighted by molar-refractivity contribution is -0.151. The molecule has 0 N–H and O–H groups in total. The fourth-order valence-electron chi connectivity index (χ4n) is 1.59. The van der Waals surface area contributed by atoms with Crippen molar-refractivity contribution < 1.29 is 19.1 Å². The summed E-state index contributed by atoms with van der Waals surface area (Å²) in [6, 6.07) is 9.50. The Morgan fingerprint density at radius 1 is 1.12 bits per heavy atom. The van der Waals surface area contributed by atoms with Gasteiger partial charge in [-0.3, -0.25) is 9.59 Å².